The molecule has 1 aliphatic rings. The van der Waals surface area contributed by atoms with Crippen molar-refractivity contribution in [1.82, 2.24) is 14.9 Å². The summed E-state index contributed by atoms with van der Waals surface area (Å²) in [6, 6.07) is 24.9. The monoisotopic (exact) mass is 494 g/mol. The maximum atomic E-state index is 13.4. The van der Waals surface area contributed by atoms with Crippen LogP contribution in [-0.2, 0) is 17.8 Å². The first-order valence-corrected chi connectivity index (χ1v) is 11.8. The van der Waals surface area contributed by atoms with Crippen molar-refractivity contribution in [2.24, 2.45) is 0 Å². The van der Waals surface area contributed by atoms with E-state index in [0.717, 1.165) is 13.1 Å². The third-order valence-electron chi connectivity index (χ3n) is 6.37. The number of benzene rings is 3. The summed E-state index contributed by atoms with van der Waals surface area (Å²) in [6.45, 7) is 3.06. The molecule has 3 aromatic carbocycles. The molecule has 0 aliphatic carbocycles. The lowest BCUT2D eigenvalue weighted by atomic mass is 9.92. The van der Waals surface area contributed by atoms with Gasteiger partial charge in [0.2, 0.25) is 5.28 Å². The number of anilines is 1. The maximum Gasteiger partial charge on any atom is 0.263 e. The fourth-order valence-corrected chi connectivity index (χ4v) is 4.55. The first kappa shape index (κ1) is 23.6. The van der Waals surface area contributed by atoms with E-state index in [1.807, 2.05) is 36.4 Å². The van der Waals surface area contributed by atoms with Gasteiger partial charge in [-0.1, -0.05) is 66.7 Å². The first-order valence-electron chi connectivity index (χ1n) is 11.4. The number of alkyl halides is 2. The number of hydrogen-bond donors (Lipinski definition) is 1. The molecule has 1 aliphatic heterocycles. The van der Waals surface area contributed by atoms with E-state index in [9.17, 15) is 8.78 Å². The van der Waals surface area contributed by atoms with Crippen LogP contribution in [0.25, 0.3) is 10.9 Å². The number of fused-ring (bicyclic) bond motifs is 1. The van der Waals surface area contributed by atoms with Crippen molar-refractivity contribution >= 4 is 28.3 Å². The first-order chi connectivity index (χ1) is 17.0. The van der Waals surface area contributed by atoms with Gasteiger partial charge in [0.25, 0.3) is 6.43 Å². The van der Waals surface area contributed by atoms with E-state index in [1.54, 1.807) is 6.07 Å². The summed E-state index contributed by atoms with van der Waals surface area (Å²) in [6.07, 6.45) is -2.58. The smallest absolute Gasteiger partial charge is 0.263 e. The van der Waals surface area contributed by atoms with Crippen LogP contribution in [0.1, 0.15) is 23.1 Å². The molecular weight excluding hydrogens is 470 g/mol. The summed E-state index contributed by atoms with van der Waals surface area (Å²) in [7, 11) is 0. The fourth-order valence-electron chi connectivity index (χ4n) is 4.37. The van der Waals surface area contributed by atoms with Crippen molar-refractivity contribution < 1.29 is 13.5 Å². The predicted octanol–water partition coefficient (Wildman–Crippen LogP) is 6.10. The third kappa shape index (κ3) is 5.27. The highest BCUT2D eigenvalue weighted by Gasteiger charge is 2.44. The molecule has 5 rings (SSSR count). The van der Waals surface area contributed by atoms with Gasteiger partial charge >= 0.3 is 0 Å². The molecule has 0 unspecified atom stereocenters. The number of nitrogens with zero attached hydrogens (tertiary/aromatic N) is 3. The van der Waals surface area contributed by atoms with E-state index in [1.165, 1.54) is 23.3 Å². The number of rotatable bonds is 9. The van der Waals surface area contributed by atoms with Gasteiger partial charge in [0, 0.05) is 30.6 Å². The molecule has 1 saturated heterocycles. The van der Waals surface area contributed by atoms with Gasteiger partial charge in [-0.25, -0.2) is 18.7 Å². The van der Waals surface area contributed by atoms with E-state index in [2.05, 4.69) is 44.5 Å². The number of ether oxygens (including phenoxy) is 1. The molecule has 180 valence electrons. The van der Waals surface area contributed by atoms with Crippen molar-refractivity contribution in [3.63, 3.8) is 0 Å². The minimum Gasteiger partial charge on any atom is -0.377 e. The van der Waals surface area contributed by atoms with Crippen molar-refractivity contribution in [2.45, 2.75) is 25.1 Å². The molecule has 4 aromatic rings. The molecule has 5 nitrogen and oxygen atoms in total. The Balaban J connectivity index is 1.45. The van der Waals surface area contributed by atoms with Crippen LogP contribution >= 0.6 is 11.6 Å². The molecule has 1 fully saturated rings. The molecule has 0 amide bonds. The molecule has 0 spiro atoms. The zero-order valence-electron chi connectivity index (χ0n) is 19.0. The van der Waals surface area contributed by atoms with E-state index >= 15 is 0 Å². The van der Waals surface area contributed by atoms with Crippen LogP contribution in [0.15, 0.2) is 78.9 Å². The van der Waals surface area contributed by atoms with Gasteiger partial charge in [0.15, 0.2) is 0 Å². The van der Waals surface area contributed by atoms with Crippen LogP contribution in [0.4, 0.5) is 14.6 Å². The van der Waals surface area contributed by atoms with Gasteiger partial charge in [-0.05, 0) is 34.9 Å². The highest BCUT2D eigenvalue weighted by atomic mass is 35.5. The van der Waals surface area contributed by atoms with Crippen LogP contribution in [-0.4, -0.2) is 40.2 Å². The Morgan fingerprint density at radius 1 is 0.914 bits per heavy atom. The molecule has 0 bridgehead atoms. The summed E-state index contributed by atoms with van der Waals surface area (Å²) < 4.78 is 32.4. The number of halogens is 3. The molecule has 0 saturated carbocycles. The number of hydrogen-bond acceptors (Lipinski definition) is 5. The summed E-state index contributed by atoms with van der Waals surface area (Å²) in [5, 5.41) is 3.97. The molecule has 35 heavy (non-hydrogen) atoms. The number of aromatic nitrogens is 2. The Labute approximate surface area is 207 Å². The van der Waals surface area contributed by atoms with Crippen LogP contribution in [0.2, 0.25) is 5.28 Å². The average molecular weight is 495 g/mol. The summed E-state index contributed by atoms with van der Waals surface area (Å²) in [4.78, 5) is 10.9. The second-order valence-corrected chi connectivity index (χ2v) is 9.15. The van der Waals surface area contributed by atoms with Crippen LogP contribution in [0.3, 0.4) is 0 Å². The molecule has 0 radical (unpaired) electrons. The molecular formula is C27H25ClF2N4O. The Bertz CT molecular complexity index is 1250. The summed E-state index contributed by atoms with van der Waals surface area (Å²) in [5.74, 6) is 0.438. The quantitative estimate of drug-likeness (QED) is 0.285. The van der Waals surface area contributed by atoms with E-state index in [4.69, 9.17) is 16.3 Å². The zero-order chi connectivity index (χ0) is 24.3. The lowest BCUT2D eigenvalue weighted by Gasteiger charge is -2.50. The second kappa shape index (κ2) is 10.2. The van der Waals surface area contributed by atoms with Gasteiger partial charge < -0.3 is 10.1 Å². The predicted molar refractivity (Wildman–Crippen MR) is 134 cm³/mol. The maximum absolute atomic E-state index is 13.4. The van der Waals surface area contributed by atoms with Crippen LogP contribution in [0.5, 0.6) is 0 Å². The van der Waals surface area contributed by atoms with Gasteiger partial charge in [0.1, 0.15) is 5.82 Å². The third-order valence-corrected chi connectivity index (χ3v) is 6.54. The Hall–Kier alpha value is -3.13. The van der Waals surface area contributed by atoms with E-state index < -0.39 is 6.43 Å². The molecule has 1 N–H and O–H groups in total. The lowest BCUT2D eigenvalue weighted by Crippen LogP contribution is -2.65. The minimum atomic E-state index is -2.58. The van der Waals surface area contributed by atoms with Crippen molar-refractivity contribution in [2.75, 3.05) is 25.1 Å². The van der Waals surface area contributed by atoms with Gasteiger partial charge in [-0.3, -0.25) is 4.90 Å². The van der Waals surface area contributed by atoms with Crippen molar-refractivity contribution in [1.29, 1.82) is 0 Å². The van der Waals surface area contributed by atoms with Crippen molar-refractivity contribution in [3.05, 3.63) is 101 Å². The standard InChI is InChI=1S/C27H25ClF2N4O/c28-26-32-23-12-11-21(24(29)30)13-22(23)25(33-26)31-16-27(17-35-18-27)34(14-19-7-3-1-4-8-19)15-20-9-5-2-6-10-20/h1-13,24H,14-18H2,(H,31,32,33). The molecule has 1 aromatic heterocycles. The van der Waals surface area contributed by atoms with Crippen LogP contribution in [0, 0.1) is 0 Å². The van der Waals surface area contributed by atoms with Crippen molar-refractivity contribution in [3.8, 4) is 0 Å². The van der Waals surface area contributed by atoms with Crippen LogP contribution < -0.4 is 5.32 Å². The topological polar surface area (TPSA) is 50.3 Å². The average Bonchev–Trinajstić information content (AvgIpc) is 2.84. The molecule has 2 heterocycles. The second-order valence-electron chi connectivity index (χ2n) is 8.82. The Morgan fingerprint density at radius 2 is 1.54 bits per heavy atom. The minimum absolute atomic E-state index is 0.0640. The number of nitrogens with one attached hydrogen (secondary N) is 1. The normalized spacial score (nSPS) is 14.9. The van der Waals surface area contributed by atoms with Gasteiger partial charge in [0.05, 0.1) is 24.3 Å². The molecule has 0 atom stereocenters. The fraction of sp³-hybridized carbons (Fsp3) is 0.259. The lowest BCUT2D eigenvalue weighted by molar-refractivity contribution is -0.140. The largest absolute Gasteiger partial charge is 0.377 e. The highest BCUT2D eigenvalue weighted by molar-refractivity contribution is 6.28. The summed E-state index contributed by atoms with van der Waals surface area (Å²) in [5.41, 5.74) is 2.53. The Kier molecular flexibility index (Phi) is 6.90. The van der Waals surface area contributed by atoms with E-state index in [-0.39, 0.29) is 16.4 Å². The van der Waals surface area contributed by atoms with Gasteiger partial charge in [-0.15, -0.1) is 0 Å². The summed E-state index contributed by atoms with van der Waals surface area (Å²) >= 11 is 6.16. The highest BCUT2D eigenvalue weighted by Crippen LogP contribution is 2.32. The van der Waals surface area contributed by atoms with Gasteiger partial charge in [-0.2, -0.15) is 0 Å². The zero-order valence-corrected chi connectivity index (χ0v) is 19.8. The Morgan fingerprint density at radius 3 is 2.09 bits per heavy atom. The molecule has 8 heteroatoms. The SMILES string of the molecule is FC(F)c1ccc2nc(Cl)nc(NCC3(N(Cc4ccccc4)Cc4ccccc4)COC3)c2c1. The van der Waals surface area contributed by atoms with E-state index in [0.29, 0.717) is 36.5 Å².